The first-order valence-corrected chi connectivity index (χ1v) is 8.19. The van der Waals surface area contributed by atoms with Gasteiger partial charge < -0.3 is 13.9 Å². The van der Waals surface area contributed by atoms with Crippen LogP contribution in [0.15, 0.2) is 57.9 Å². The Labute approximate surface area is 154 Å². The Morgan fingerprint density at radius 3 is 2.70 bits per heavy atom. The SMILES string of the molecule is COc1ccc(COc2ccc3oc(-c4ccc(=O)n([11CH3])n4)nc3c2)nc1. The largest absolute Gasteiger partial charge is 0.495 e. The molecule has 4 aromatic rings. The Kier molecular flexibility index (Phi) is 4.29. The predicted molar refractivity (Wildman–Crippen MR) is 97.6 cm³/mol. The molecular weight excluding hydrogens is 347 g/mol. The van der Waals surface area contributed by atoms with E-state index in [0.29, 0.717) is 40.8 Å². The van der Waals surface area contributed by atoms with E-state index in [1.807, 2.05) is 12.1 Å². The number of oxazole rings is 1. The lowest BCUT2D eigenvalue weighted by molar-refractivity contribution is 0.301. The van der Waals surface area contributed by atoms with Gasteiger partial charge in [-0.05, 0) is 30.3 Å². The van der Waals surface area contributed by atoms with Gasteiger partial charge in [-0.15, -0.1) is 0 Å². The molecule has 8 heteroatoms. The molecule has 0 atom stereocenters. The molecule has 0 amide bonds. The molecule has 0 bridgehead atoms. The third-order valence-electron chi connectivity index (χ3n) is 3.96. The first-order valence-electron chi connectivity index (χ1n) is 8.19. The van der Waals surface area contributed by atoms with E-state index in [1.165, 1.54) is 10.7 Å². The molecule has 8 nitrogen and oxygen atoms in total. The van der Waals surface area contributed by atoms with E-state index < -0.39 is 0 Å². The number of aromatic nitrogens is 4. The Balaban J connectivity index is 1.54. The van der Waals surface area contributed by atoms with Gasteiger partial charge >= 0.3 is 0 Å². The van der Waals surface area contributed by atoms with Crippen molar-refractivity contribution < 1.29 is 13.9 Å². The van der Waals surface area contributed by atoms with Crippen molar-refractivity contribution in [3.05, 3.63) is 64.7 Å². The van der Waals surface area contributed by atoms with Crippen LogP contribution in [0.25, 0.3) is 22.7 Å². The molecule has 0 unspecified atom stereocenters. The average molecular weight is 363 g/mol. The van der Waals surface area contributed by atoms with Gasteiger partial charge in [0, 0.05) is 19.2 Å². The molecule has 4 rings (SSSR count). The van der Waals surface area contributed by atoms with Crippen LogP contribution in [0, 0.1) is 0 Å². The lowest BCUT2D eigenvalue weighted by Gasteiger charge is -2.06. The fraction of sp³-hybridized carbons (Fsp3) is 0.158. The molecule has 3 aromatic heterocycles. The third-order valence-corrected chi connectivity index (χ3v) is 3.96. The van der Waals surface area contributed by atoms with Crippen LogP contribution in [0.5, 0.6) is 11.5 Å². The van der Waals surface area contributed by atoms with E-state index in [1.54, 1.807) is 44.6 Å². The molecule has 136 valence electrons. The molecular formula is C19H16N4O4. The summed E-state index contributed by atoms with van der Waals surface area (Å²) in [6.07, 6.45) is 1.64. The van der Waals surface area contributed by atoms with E-state index in [0.717, 1.165) is 5.69 Å². The number of nitrogens with zero attached hydrogens (tertiary/aromatic N) is 4. The fourth-order valence-electron chi connectivity index (χ4n) is 2.50. The topological polar surface area (TPSA) is 92.3 Å². The fourth-order valence-corrected chi connectivity index (χ4v) is 2.50. The van der Waals surface area contributed by atoms with E-state index in [2.05, 4.69) is 15.1 Å². The minimum atomic E-state index is -0.197. The monoisotopic (exact) mass is 363 g/mol. The normalized spacial score (nSPS) is 10.9. The maximum Gasteiger partial charge on any atom is 0.266 e. The molecule has 3 heterocycles. The van der Waals surface area contributed by atoms with Crippen LogP contribution in [0.2, 0.25) is 0 Å². The molecule has 1 aromatic carbocycles. The van der Waals surface area contributed by atoms with Crippen LogP contribution in [-0.4, -0.2) is 26.9 Å². The number of ether oxygens (including phenoxy) is 2. The van der Waals surface area contributed by atoms with Gasteiger partial charge in [-0.1, -0.05) is 0 Å². The van der Waals surface area contributed by atoms with Crippen molar-refractivity contribution >= 4 is 11.1 Å². The Morgan fingerprint density at radius 1 is 1.11 bits per heavy atom. The number of hydrogen-bond donors (Lipinski definition) is 0. The van der Waals surface area contributed by atoms with Crippen LogP contribution >= 0.6 is 0 Å². The molecule has 0 fully saturated rings. The first kappa shape index (κ1) is 16.8. The Morgan fingerprint density at radius 2 is 1.96 bits per heavy atom. The van der Waals surface area contributed by atoms with Gasteiger partial charge in [0.05, 0.1) is 19.0 Å². The van der Waals surface area contributed by atoms with Gasteiger partial charge in [0.25, 0.3) is 5.56 Å². The molecule has 0 saturated heterocycles. The zero-order valence-corrected chi connectivity index (χ0v) is 14.7. The molecule has 0 spiro atoms. The van der Waals surface area contributed by atoms with E-state index in [9.17, 15) is 4.79 Å². The number of aryl methyl sites for hydroxylation is 1. The number of benzene rings is 1. The van der Waals surface area contributed by atoms with Crippen molar-refractivity contribution in [3.63, 3.8) is 0 Å². The van der Waals surface area contributed by atoms with Crippen molar-refractivity contribution in [1.29, 1.82) is 0 Å². The van der Waals surface area contributed by atoms with Crippen LogP contribution in [-0.2, 0) is 13.7 Å². The van der Waals surface area contributed by atoms with Gasteiger partial charge in [-0.2, -0.15) is 5.10 Å². The third kappa shape index (κ3) is 3.50. The number of hydrogen-bond acceptors (Lipinski definition) is 7. The summed E-state index contributed by atoms with van der Waals surface area (Å²) >= 11 is 0. The smallest absolute Gasteiger partial charge is 0.266 e. The maximum atomic E-state index is 11.5. The summed E-state index contributed by atoms with van der Waals surface area (Å²) in [5.74, 6) is 1.69. The second kappa shape index (κ2) is 6.91. The zero-order chi connectivity index (χ0) is 18.8. The van der Waals surface area contributed by atoms with Crippen molar-refractivity contribution in [2.75, 3.05) is 7.11 Å². The molecule has 0 aliphatic rings. The van der Waals surface area contributed by atoms with Crippen molar-refractivity contribution in [2.24, 2.45) is 7.05 Å². The minimum absolute atomic E-state index is 0.197. The second-order valence-corrected chi connectivity index (χ2v) is 5.81. The lowest BCUT2D eigenvalue weighted by atomic mass is 10.3. The summed E-state index contributed by atoms with van der Waals surface area (Å²) in [6, 6.07) is 12.1. The highest BCUT2D eigenvalue weighted by molar-refractivity contribution is 5.77. The average Bonchev–Trinajstić information content (AvgIpc) is 3.12. The highest BCUT2D eigenvalue weighted by Gasteiger charge is 2.11. The van der Waals surface area contributed by atoms with Crippen LogP contribution in [0.1, 0.15) is 5.69 Å². The van der Waals surface area contributed by atoms with Crippen LogP contribution in [0.3, 0.4) is 0 Å². The van der Waals surface area contributed by atoms with E-state index >= 15 is 0 Å². The standard InChI is InChI=1S/C19H16N4O4/c1-23-18(24)8-6-15(22-23)19-21-16-9-13(5-7-17(16)27-19)26-11-12-3-4-14(25-2)10-20-12/h3-10H,11H2,1-2H3/i1-1. The maximum absolute atomic E-state index is 11.5. The number of fused-ring (bicyclic) bond motifs is 1. The first-order chi connectivity index (χ1) is 13.1. The predicted octanol–water partition coefficient (Wildman–Crippen LogP) is 2.57. The number of pyridine rings is 1. The van der Waals surface area contributed by atoms with E-state index in [4.69, 9.17) is 13.9 Å². The summed E-state index contributed by atoms with van der Waals surface area (Å²) in [5, 5.41) is 4.15. The van der Waals surface area contributed by atoms with Crippen molar-refractivity contribution in [1.82, 2.24) is 19.7 Å². The summed E-state index contributed by atoms with van der Waals surface area (Å²) < 4.78 is 17.8. The number of rotatable bonds is 5. The highest BCUT2D eigenvalue weighted by Crippen LogP contribution is 2.26. The van der Waals surface area contributed by atoms with Crippen LogP contribution in [0.4, 0.5) is 0 Å². The van der Waals surface area contributed by atoms with Gasteiger partial charge in [0.1, 0.15) is 29.3 Å². The van der Waals surface area contributed by atoms with Gasteiger partial charge in [-0.3, -0.25) is 9.78 Å². The van der Waals surface area contributed by atoms with Gasteiger partial charge in [0.15, 0.2) is 5.58 Å². The molecule has 0 N–H and O–H groups in total. The second-order valence-electron chi connectivity index (χ2n) is 5.81. The molecule has 0 aliphatic carbocycles. The summed E-state index contributed by atoms with van der Waals surface area (Å²) in [7, 11) is 3.17. The zero-order valence-electron chi connectivity index (χ0n) is 14.7. The summed E-state index contributed by atoms with van der Waals surface area (Å²) in [5.41, 5.74) is 2.32. The highest BCUT2D eigenvalue weighted by atomic mass is 16.5. The lowest BCUT2D eigenvalue weighted by Crippen LogP contribution is -2.18. The van der Waals surface area contributed by atoms with Crippen LogP contribution < -0.4 is 15.0 Å². The van der Waals surface area contributed by atoms with Gasteiger partial charge in [-0.25, -0.2) is 9.67 Å². The quantitative estimate of drug-likeness (QED) is 0.538. The Bertz CT molecular complexity index is 1150. The minimum Gasteiger partial charge on any atom is -0.495 e. The van der Waals surface area contributed by atoms with Crippen molar-refractivity contribution in [2.45, 2.75) is 6.61 Å². The molecule has 0 saturated carbocycles. The molecule has 0 aliphatic heterocycles. The molecule has 27 heavy (non-hydrogen) atoms. The number of methoxy groups -OCH3 is 1. The van der Waals surface area contributed by atoms with Crippen molar-refractivity contribution in [3.8, 4) is 23.1 Å². The van der Waals surface area contributed by atoms with Gasteiger partial charge in [0.2, 0.25) is 5.89 Å². The summed E-state index contributed by atoms with van der Waals surface area (Å²) in [6.45, 7) is 0.322. The Hall–Kier alpha value is -3.68. The summed E-state index contributed by atoms with van der Waals surface area (Å²) in [4.78, 5) is 20.2. The molecule has 0 radical (unpaired) electrons. The van der Waals surface area contributed by atoms with E-state index in [-0.39, 0.29) is 5.56 Å².